The van der Waals surface area contributed by atoms with Crippen LogP contribution in [0.1, 0.15) is 6.42 Å². The summed E-state index contributed by atoms with van der Waals surface area (Å²) in [5.74, 6) is -1.03. The molecule has 1 aromatic carbocycles. The van der Waals surface area contributed by atoms with E-state index in [1.165, 1.54) is 9.80 Å². The fourth-order valence-corrected chi connectivity index (χ4v) is 2.51. The van der Waals surface area contributed by atoms with Gasteiger partial charge in [0.15, 0.2) is 0 Å². The fourth-order valence-electron chi connectivity index (χ4n) is 2.38. The summed E-state index contributed by atoms with van der Waals surface area (Å²) < 4.78 is 0. The number of benzene rings is 1. The van der Waals surface area contributed by atoms with Crippen LogP contribution in [0.4, 0.5) is 5.69 Å². The molecule has 1 aliphatic heterocycles. The van der Waals surface area contributed by atoms with E-state index in [-0.39, 0.29) is 37.9 Å². The van der Waals surface area contributed by atoms with E-state index in [0.29, 0.717) is 10.7 Å². The Kier molecular flexibility index (Phi) is 4.98. The molecule has 2 rings (SSSR count). The molecule has 1 heterocycles. The lowest BCUT2D eigenvalue weighted by atomic mass is 10.1. The van der Waals surface area contributed by atoms with Crippen molar-refractivity contribution in [3.63, 3.8) is 0 Å². The first-order chi connectivity index (χ1) is 10.6. The van der Waals surface area contributed by atoms with E-state index in [9.17, 15) is 9.59 Å². The smallest absolute Gasteiger partial charge is 0.229 e. The zero-order valence-corrected chi connectivity index (χ0v) is 12.5. The summed E-state index contributed by atoms with van der Waals surface area (Å²) in [6, 6.07) is 10.5. The Balaban J connectivity index is 2.11. The molecule has 6 nitrogen and oxygen atoms in total. The Labute approximate surface area is 133 Å². The minimum absolute atomic E-state index is 0.0782. The zero-order valence-electron chi connectivity index (χ0n) is 11.7. The van der Waals surface area contributed by atoms with Crippen LogP contribution in [0.3, 0.4) is 0 Å². The quantitative estimate of drug-likeness (QED) is 0.789. The number of nitrogens with zero attached hydrogens (tertiary/aromatic N) is 4. The van der Waals surface area contributed by atoms with Crippen LogP contribution in [-0.2, 0) is 9.59 Å². The van der Waals surface area contributed by atoms with E-state index in [1.54, 1.807) is 24.3 Å². The number of carbonyl (C=O) groups is 2. The van der Waals surface area contributed by atoms with Crippen molar-refractivity contribution in [2.45, 2.75) is 6.42 Å². The lowest BCUT2D eigenvalue weighted by Gasteiger charge is -2.20. The van der Waals surface area contributed by atoms with Crippen LogP contribution in [0.5, 0.6) is 0 Å². The topological polar surface area (TPSA) is 88.2 Å². The first-order valence-corrected chi connectivity index (χ1v) is 7.03. The van der Waals surface area contributed by atoms with Crippen LogP contribution in [0.15, 0.2) is 24.3 Å². The number of hydrogen-bond acceptors (Lipinski definition) is 4. The molecular weight excluding hydrogens is 304 g/mol. The Bertz CT molecular complexity index is 644. The average Bonchev–Trinajstić information content (AvgIpc) is 2.89. The number of hydrogen-bond donors (Lipinski definition) is 0. The largest absolute Gasteiger partial charge is 0.316 e. The summed E-state index contributed by atoms with van der Waals surface area (Å²) in [5, 5.41) is 18.0. The fraction of sp³-hybridized carbons (Fsp3) is 0.333. The van der Waals surface area contributed by atoms with Gasteiger partial charge in [-0.15, -0.1) is 0 Å². The highest BCUT2D eigenvalue weighted by Gasteiger charge is 2.37. The van der Waals surface area contributed by atoms with Crippen LogP contribution in [0.25, 0.3) is 0 Å². The Morgan fingerprint density at radius 2 is 1.86 bits per heavy atom. The molecule has 0 radical (unpaired) electrons. The van der Waals surface area contributed by atoms with Crippen molar-refractivity contribution < 1.29 is 9.59 Å². The molecule has 0 N–H and O–H groups in total. The van der Waals surface area contributed by atoms with Gasteiger partial charge >= 0.3 is 0 Å². The summed E-state index contributed by atoms with van der Waals surface area (Å²) in [5.41, 5.74) is 0.678. The van der Waals surface area contributed by atoms with Crippen molar-refractivity contribution in [1.29, 1.82) is 10.5 Å². The lowest BCUT2D eigenvalue weighted by Crippen LogP contribution is -2.38. The number of amides is 2. The highest BCUT2D eigenvalue weighted by molar-refractivity contribution is 6.30. The number of carbonyl (C=O) groups excluding carboxylic acids is 2. The van der Waals surface area contributed by atoms with Gasteiger partial charge in [-0.2, -0.15) is 10.5 Å². The third kappa shape index (κ3) is 3.36. The second kappa shape index (κ2) is 6.93. The highest BCUT2D eigenvalue weighted by Crippen LogP contribution is 2.27. The monoisotopic (exact) mass is 316 g/mol. The Morgan fingerprint density at radius 3 is 2.41 bits per heavy atom. The molecule has 7 heteroatoms. The predicted molar refractivity (Wildman–Crippen MR) is 79.7 cm³/mol. The van der Waals surface area contributed by atoms with E-state index in [0.717, 1.165) is 0 Å². The van der Waals surface area contributed by atoms with Gasteiger partial charge in [0.1, 0.15) is 13.1 Å². The number of halogens is 1. The number of rotatable bonds is 4. The molecule has 0 unspecified atom stereocenters. The second-order valence-corrected chi connectivity index (χ2v) is 5.33. The molecule has 1 atom stereocenters. The molecule has 0 aromatic heterocycles. The SMILES string of the molecule is N#CCN(CC#N)C(=O)[C@@H]1CC(=O)N(c2ccc(Cl)cc2)C1. The molecule has 1 aromatic rings. The normalized spacial score (nSPS) is 17.0. The van der Waals surface area contributed by atoms with Crippen LogP contribution in [-0.4, -0.2) is 36.3 Å². The third-order valence-electron chi connectivity index (χ3n) is 3.45. The van der Waals surface area contributed by atoms with Crippen LogP contribution < -0.4 is 4.90 Å². The second-order valence-electron chi connectivity index (χ2n) is 4.89. The summed E-state index contributed by atoms with van der Waals surface area (Å²) >= 11 is 5.82. The highest BCUT2D eigenvalue weighted by atomic mass is 35.5. The number of anilines is 1. The molecule has 1 saturated heterocycles. The molecule has 0 bridgehead atoms. The molecule has 0 aliphatic carbocycles. The molecular formula is C15H13ClN4O2. The van der Waals surface area contributed by atoms with Crippen molar-refractivity contribution in [1.82, 2.24) is 4.90 Å². The van der Waals surface area contributed by atoms with Crippen molar-refractivity contribution in [2.75, 3.05) is 24.5 Å². The third-order valence-corrected chi connectivity index (χ3v) is 3.70. The van der Waals surface area contributed by atoms with E-state index in [4.69, 9.17) is 22.1 Å². The zero-order chi connectivity index (χ0) is 16.1. The van der Waals surface area contributed by atoms with Crippen molar-refractivity contribution >= 4 is 29.1 Å². The van der Waals surface area contributed by atoms with Crippen LogP contribution in [0, 0.1) is 28.6 Å². The summed E-state index contributed by atoms with van der Waals surface area (Å²) in [6.07, 6.45) is 0.0782. The van der Waals surface area contributed by atoms with Crippen molar-refractivity contribution in [2.24, 2.45) is 5.92 Å². The Hall–Kier alpha value is -2.57. The minimum Gasteiger partial charge on any atom is -0.316 e. The van der Waals surface area contributed by atoms with Gasteiger partial charge in [0.25, 0.3) is 0 Å². The molecule has 0 spiro atoms. The standard InChI is InChI=1S/C15H13ClN4O2/c16-12-1-3-13(4-2-12)20-10-11(9-14(20)21)15(22)19(7-5-17)8-6-18/h1-4,11H,7-10H2/t11-/m1/s1. The van der Waals surface area contributed by atoms with E-state index >= 15 is 0 Å². The van der Waals surface area contributed by atoms with Gasteiger partial charge in [-0.05, 0) is 24.3 Å². The molecule has 112 valence electrons. The Morgan fingerprint density at radius 1 is 1.27 bits per heavy atom. The predicted octanol–water partition coefficient (Wildman–Crippen LogP) is 1.57. The van der Waals surface area contributed by atoms with Gasteiger partial charge in [-0.1, -0.05) is 11.6 Å². The average molecular weight is 317 g/mol. The van der Waals surface area contributed by atoms with Gasteiger partial charge in [0, 0.05) is 23.7 Å². The first-order valence-electron chi connectivity index (χ1n) is 6.65. The van der Waals surface area contributed by atoms with Gasteiger partial charge in [0.2, 0.25) is 11.8 Å². The van der Waals surface area contributed by atoms with Crippen LogP contribution >= 0.6 is 11.6 Å². The maximum atomic E-state index is 12.3. The van der Waals surface area contributed by atoms with E-state index < -0.39 is 5.92 Å². The van der Waals surface area contributed by atoms with Crippen molar-refractivity contribution in [3.8, 4) is 12.1 Å². The van der Waals surface area contributed by atoms with Crippen molar-refractivity contribution in [3.05, 3.63) is 29.3 Å². The number of nitriles is 2. The van der Waals surface area contributed by atoms with E-state index in [2.05, 4.69) is 0 Å². The van der Waals surface area contributed by atoms with Gasteiger partial charge < -0.3 is 9.80 Å². The molecule has 1 fully saturated rings. The lowest BCUT2D eigenvalue weighted by molar-refractivity contribution is -0.134. The first kappa shape index (κ1) is 15.8. The minimum atomic E-state index is -0.537. The molecule has 2 amide bonds. The van der Waals surface area contributed by atoms with Gasteiger partial charge in [0.05, 0.1) is 18.1 Å². The van der Waals surface area contributed by atoms with Gasteiger partial charge in [-0.3, -0.25) is 9.59 Å². The summed E-state index contributed by atoms with van der Waals surface area (Å²) in [4.78, 5) is 27.1. The summed E-state index contributed by atoms with van der Waals surface area (Å²) in [7, 11) is 0. The van der Waals surface area contributed by atoms with Gasteiger partial charge in [-0.25, -0.2) is 0 Å². The molecule has 0 saturated carbocycles. The molecule has 1 aliphatic rings. The maximum Gasteiger partial charge on any atom is 0.229 e. The summed E-state index contributed by atoms with van der Waals surface area (Å²) in [6.45, 7) is -0.0668. The van der Waals surface area contributed by atoms with E-state index in [1.807, 2.05) is 12.1 Å². The van der Waals surface area contributed by atoms with Crippen LogP contribution in [0.2, 0.25) is 5.02 Å². The maximum absolute atomic E-state index is 12.3. The molecule has 22 heavy (non-hydrogen) atoms.